The van der Waals surface area contributed by atoms with E-state index in [1.54, 1.807) is 12.1 Å². The Hall–Kier alpha value is -0.890. The second-order valence-electron chi connectivity index (χ2n) is 5.30. The van der Waals surface area contributed by atoms with Crippen LogP contribution in [-0.4, -0.2) is 12.6 Å². The van der Waals surface area contributed by atoms with E-state index < -0.39 is 0 Å². The zero-order valence-corrected chi connectivity index (χ0v) is 9.51. The average molecular weight is 219 g/mol. The highest BCUT2D eigenvalue weighted by molar-refractivity contribution is 5.29. The molecule has 0 radical (unpaired) electrons. The van der Waals surface area contributed by atoms with Crippen molar-refractivity contribution in [3.63, 3.8) is 0 Å². The molecule has 0 unspecified atom stereocenters. The summed E-state index contributed by atoms with van der Waals surface area (Å²) in [7, 11) is 0. The third-order valence-corrected chi connectivity index (χ3v) is 4.07. The van der Waals surface area contributed by atoms with Crippen LogP contribution in [0, 0.1) is 5.82 Å². The average Bonchev–Trinajstić information content (AvgIpc) is 3.03. The Morgan fingerprint density at radius 3 is 2.38 bits per heavy atom. The molecular weight excluding hydrogens is 201 g/mol. The maximum absolute atomic E-state index is 12.9. The van der Waals surface area contributed by atoms with Gasteiger partial charge in [-0.1, -0.05) is 18.6 Å². The molecule has 1 aromatic rings. The van der Waals surface area contributed by atoms with Gasteiger partial charge < -0.3 is 5.32 Å². The Kier molecular flexibility index (Phi) is 2.47. The molecule has 0 spiro atoms. The van der Waals surface area contributed by atoms with Gasteiger partial charge in [0.25, 0.3) is 0 Å². The van der Waals surface area contributed by atoms with Gasteiger partial charge in [0.2, 0.25) is 0 Å². The van der Waals surface area contributed by atoms with Crippen molar-refractivity contribution >= 4 is 0 Å². The largest absolute Gasteiger partial charge is 0.313 e. The molecule has 0 atom stereocenters. The van der Waals surface area contributed by atoms with E-state index in [1.165, 1.54) is 37.7 Å². The molecule has 0 bridgehead atoms. The lowest BCUT2D eigenvalue weighted by molar-refractivity contribution is 0.233. The molecular formula is C14H18FN. The Labute approximate surface area is 96.1 Å². The van der Waals surface area contributed by atoms with Gasteiger partial charge in [-0.2, -0.15) is 0 Å². The van der Waals surface area contributed by atoms with E-state index >= 15 is 0 Å². The predicted octanol–water partition coefficient (Wildman–Crippen LogP) is 3.00. The van der Waals surface area contributed by atoms with Crippen LogP contribution in [0.3, 0.4) is 0 Å². The first-order valence-corrected chi connectivity index (χ1v) is 6.28. The Morgan fingerprint density at radius 2 is 1.88 bits per heavy atom. The van der Waals surface area contributed by atoms with Crippen molar-refractivity contribution in [1.29, 1.82) is 0 Å². The lowest BCUT2D eigenvalue weighted by Crippen LogP contribution is -2.44. The Bertz CT molecular complexity index is 363. The summed E-state index contributed by atoms with van der Waals surface area (Å²) in [5.41, 5.74) is 1.62. The second-order valence-corrected chi connectivity index (χ2v) is 5.30. The van der Waals surface area contributed by atoms with Crippen molar-refractivity contribution in [2.24, 2.45) is 0 Å². The van der Waals surface area contributed by atoms with Crippen molar-refractivity contribution in [1.82, 2.24) is 5.32 Å². The van der Waals surface area contributed by atoms with Crippen LogP contribution in [0.15, 0.2) is 24.3 Å². The van der Waals surface area contributed by atoms with E-state index in [-0.39, 0.29) is 5.82 Å². The number of hydrogen-bond acceptors (Lipinski definition) is 1. The van der Waals surface area contributed by atoms with Gasteiger partial charge in [0, 0.05) is 18.0 Å². The van der Waals surface area contributed by atoms with E-state index in [0.717, 1.165) is 12.6 Å². The fourth-order valence-corrected chi connectivity index (χ4v) is 2.60. The smallest absolute Gasteiger partial charge is 0.123 e. The fraction of sp³-hybridized carbons (Fsp3) is 0.571. The number of rotatable bonds is 4. The predicted molar refractivity (Wildman–Crippen MR) is 63.0 cm³/mol. The number of nitrogens with one attached hydrogen (secondary N) is 1. The molecule has 0 heterocycles. The molecule has 0 amide bonds. The third kappa shape index (κ3) is 1.86. The summed E-state index contributed by atoms with van der Waals surface area (Å²) in [6.45, 7) is 1.07. The summed E-state index contributed by atoms with van der Waals surface area (Å²) in [4.78, 5) is 0. The highest BCUT2D eigenvalue weighted by Gasteiger charge is 2.39. The van der Waals surface area contributed by atoms with Crippen LogP contribution in [0.4, 0.5) is 4.39 Å². The van der Waals surface area contributed by atoms with E-state index in [0.29, 0.717) is 5.41 Å². The molecule has 2 heteroatoms. The van der Waals surface area contributed by atoms with Gasteiger partial charge in [-0.25, -0.2) is 4.39 Å². The minimum Gasteiger partial charge on any atom is -0.313 e. The van der Waals surface area contributed by atoms with E-state index in [2.05, 4.69) is 5.32 Å². The number of halogens is 1. The third-order valence-electron chi connectivity index (χ3n) is 4.07. The summed E-state index contributed by atoms with van der Waals surface area (Å²) >= 11 is 0. The Morgan fingerprint density at radius 1 is 1.19 bits per heavy atom. The SMILES string of the molecule is Fc1ccc(C2(CNC3CC3)CCC2)cc1. The van der Waals surface area contributed by atoms with Crippen molar-refractivity contribution < 1.29 is 4.39 Å². The van der Waals surface area contributed by atoms with Crippen LogP contribution in [-0.2, 0) is 5.41 Å². The van der Waals surface area contributed by atoms with Gasteiger partial charge in [-0.05, 0) is 43.4 Å². The molecule has 2 fully saturated rings. The van der Waals surface area contributed by atoms with Gasteiger partial charge in [0.1, 0.15) is 5.82 Å². The minimum absolute atomic E-state index is 0.131. The lowest BCUT2D eigenvalue weighted by Gasteiger charge is -2.43. The zero-order valence-electron chi connectivity index (χ0n) is 9.51. The first kappa shape index (κ1) is 10.3. The molecule has 1 nitrogen and oxygen atoms in total. The summed E-state index contributed by atoms with van der Waals surface area (Å²) in [5, 5.41) is 3.62. The standard InChI is InChI=1S/C14H18FN/c15-12-4-2-11(3-5-12)14(8-1-9-14)10-16-13-6-7-13/h2-5,13,16H,1,6-10H2. The molecule has 2 aliphatic rings. The van der Waals surface area contributed by atoms with Crippen molar-refractivity contribution in [3.05, 3.63) is 35.6 Å². The number of benzene rings is 1. The molecule has 1 aromatic carbocycles. The molecule has 16 heavy (non-hydrogen) atoms. The van der Waals surface area contributed by atoms with Gasteiger partial charge >= 0.3 is 0 Å². The normalized spacial score (nSPS) is 22.8. The second kappa shape index (κ2) is 3.85. The maximum atomic E-state index is 12.9. The Balaban J connectivity index is 1.74. The van der Waals surface area contributed by atoms with Gasteiger partial charge in [-0.3, -0.25) is 0 Å². The van der Waals surface area contributed by atoms with E-state index in [1.807, 2.05) is 12.1 Å². The summed E-state index contributed by atoms with van der Waals surface area (Å²) in [5.74, 6) is -0.131. The molecule has 0 aliphatic heterocycles. The van der Waals surface area contributed by atoms with Gasteiger partial charge in [-0.15, -0.1) is 0 Å². The fourth-order valence-electron chi connectivity index (χ4n) is 2.60. The number of hydrogen-bond donors (Lipinski definition) is 1. The monoisotopic (exact) mass is 219 g/mol. The van der Waals surface area contributed by atoms with Crippen LogP contribution in [0.25, 0.3) is 0 Å². The molecule has 2 saturated carbocycles. The zero-order chi connectivity index (χ0) is 11.0. The summed E-state index contributed by atoms with van der Waals surface area (Å²) in [6.07, 6.45) is 6.47. The first-order valence-electron chi connectivity index (χ1n) is 6.28. The van der Waals surface area contributed by atoms with Crippen molar-refractivity contribution in [2.45, 2.75) is 43.6 Å². The van der Waals surface area contributed by atoms with Crippen LogP contribution in [0.5, 0.6) is 0 Å². The van der Waals surface area contributed by atoms with Crippen LogP contribution >= 0.6 is 0 Å². The minimum atomic E-state index is -0.131. The highest BCUT2D eigenvalue weighted by atomic mass is 19.1. The van der Waals surface area contributed by atoms with Gasteiger partial charge in [0.05, 0.1) is 0 Å². The van der Waals surface area contributed by atoms with Gasteiger partial charge in [0.15, 0.2) is 0 Å². The van der Waals surface area contributed by atoms with Crippen molar-refractivity contribution in [2.75, 3.05) is 6.54 Å². The molecule has 0 aromatic heterocycles. The summed E-state index contributed by atoms with van der Waals surface area (Å²) in [6, 6.07) is 7.86. The van der Waals surface area contributed by atoms with Crippen LogP contribution in [0.2, 0.25) is 0 Å². The molecule has 0 saturated heterocycles. The molecule has 1 N–H and O–H groups in total. The van der Waals surface area contributed by atoms with Crippen LogP contribution < -0.4 is 5.32 Å². The van der Waals surface area contributed by atoms with Crippen molar-refractivity contribution in [3.8, 4) is 0 Å². The van der Waals surface area contributed by atoms with Crippen LogP contribution in [0.1, 0.15) is 37.7 Å². The maximum Gasteiger partial charge on any atom is 0.123 e. The molecule has 3 rings (SSSR count). The molecule has 2 aliphatic carbocycles. The van der Waals surface area contributed by atoms with E-state index in [9.17, 15) is 4.39 Å². The molecule has 86 valence electrons. The highest BCUT2D eigenvalue weighted by Crippen LogP contribution is 2.43. The van der Waals surface area contributed by atoms with E-state index in [4.69, 9.17) is 0 Å². The quantitative estimate of drug-likeness (QED) is 0.821. The summed E-state index contributed by atoms with van der Waals surface area (Å²) < 4.78 is 12.9. The topological polar surface area (TPSA) is 12.0 Å². The first-order chi connectivity index (χ1) is 7.78. The lowest BCUT2D eigenvalue weighted by atomic mass is 9.64.